The number of aromatic nitrogens is 2. The molecule has 8 heteroatoms. The highest BCUT2D eigenvalue weighted by molar-refractivity contribution is 8.01. The Morgan fingerprint density at radius 2 is 1.89 bits per heavy atom. The number of halogens is 1. The number of carbonyl (C=O) groups is 1. The highest BCUT2D eigenvalue weighted by Crippen LogP contribution is 2.26. The van der Waals surface area contributed by atoms with Crippen LogP contribution >= 0.6 is 34.7 Å². The number of benzene rings is 2. The molecule has 2 N–H and O–H groups in total. The molecule has 140 valence electrons. The summed E-state index contributed by atoms with van der Waals surface area (Å²) >= 11 is 8.72. The summed E-state index contributed by atoms with van der Waals surface area (Å²) in [5.41, 5.74) is 2.19. The second kappa shape index (κ2) is 9.73. The molecule has 0 fully saturated rings. The third kappa shape index (κ3) is 6.23. The van der Waals surface area contributed by atoms with Crippen LogP contribution in [0.5, 0.6) is 0 Å². The van der Waals surface area contributed by atoms with Crippen LogP contribution in [-0.4, -0.2) is 21.9 Å². The zero-order chi connectivity index (χ0) is 19.1. The van der Waals surface area contributed by atoms with Crippen molar-refractivity contribution in [2.24, 2.45) is 0 Å². The van der Waals surface area contributed by atoms with Gasteiger partial charge in [0.05, 0.1) is 11.8 Å². The number of nitrogens with zero attached hydrogens (tertiary/aromatic N) is 2. The largest absolute Gasteiger partial charge is 0.356 e. The number of anilines is 1. The van der Waals surface area contributed by atoms with Gasteiger partial charge in [0.1, 0.15) is 0 Å². The summed E-state index contributed by atoms with van der Waals surface area (Å²) in [4.78, 5) is 12.2. The molecule has 0 saturated carbocycles. The van der Waals surface area contributed by atoms with Gasteiger partial charge in [0, 0.05) is 11.6 Å². The van der Waals surface area contributed by atoms with Crippen LogP contribution in [0, 0.1) is 0 Å². The Hall–Kier alpha value is -2.09. The summed E-state index contributed by atoms with van der Waals surface area (Å²) < 4.78 is 0.764. The average molecular weight is 419 g/mol. The first-order chi connectivity index (χ1) is 13.1. The summed E-state index contributed by atoms with van der Waals surface area (Å²) in [6, 6.07) is 17.5. The number of thioether (sulfide) groups is 1. The van der Waals surface area contributed by atoms with Crippen molar-refractivity contribution in [1.29, 1.82) is 0 Å². The number of rotatable bonds is 8. The van der Waals surface area contributed by atoms with Crippen LogP contribution in [0.4, 0.5) is 5.13 Å². The first-order valence-corrected chi connectivity index (χ1v) is 10.6. The lowest BCUT2D eigenvalue weighted by Crippen LogP contribution is -2.28. The minimum Gasteiger partial charge on any atom is -0.356 e. The molecule has 1 amide bonds. The van der Waals surface area contributed by atoms with Crippen molar-refractivity contribution in [2.45, 2.75) is 23.8 Å². The van der Waals surface area contributed by atoms with Crippen LogP contribution in [0.25, 0.3) is 0 Å². The number of carbonyl (C=O) groups excluding carboxylic acids is 1. The monoisotopic (exact) mass is 418 g/mol. The lowest BCUT2D eigenvalue weighted by molar-refractivity contribution is -0.119. The van der Waals surface area contributed by atoms with E-state index in [4.69, 9.17) is 11.6 Å². The maximum absolute atomic E-state index is 12.2. The molecular weight excluding hydrogens is 400 g/mol. The van der Waals surface area contributed by atoms with E-state index in [0.717, 1.165) is 15.0 Å². The summed E-state index contributed by atoms with van der Waals surface area (Å²) in [5, 5.41) is 15.9. The molecule has 0 spiro atoms. The smallest absolute Gasteiger partial charge is 0.230 e. The normalized spacial score (nSPS) is 11.8. The zero-order valence-electron chi connectivity index (χ0n) is 14.7. The summed E-state index contributed by atoms with van der Waals surface area (Å²) in [5.74, 6) is 0.252. The minimum atomic E-state index is -0.0760. The van der Waals surface area contributed by atoms with Crippen LogP contribution < -0.4 is 10.6 Å². The predicted octanol–water partition coefficient (Wildman–Crippen LogP) is 4.77. The number of amides is 1. The molecular formula is C19H19ClN4OS2. The van der Waals surface area contributed by atoms with Gasteiger partial charge in [0.25, 0.3) is 0 Å². The van der Waals surface area contributed by atoms with Gasteiger partial charge in [-0.1, -0.05) is 77.2 Å². The van der Waals surface area contributed by atoms with Crippen molar-refractivity contribution in [3.05, 3.63) is 70.7 Å². The second-order valence-corrected chi connectivity index (χ2v) is 8.48. The van der Waals surface area contributed by atoms with Gasteiger partial charge in [-0.05, 0) is 30.2 Å². The molecule has 5 nitrogen and oxygen atoms in total. The first kappa shape index (κ1) is 19.7. The fourth-order valence-corrected chi connectivity index (χ4v) is 4.04. The number of hydrogen-bond acceptors (Lipinski definition) is 6. The molecule has 0 bridgehead atoms. The molecule has 3 aromatic rings. The van der Waals surface area contributed by atoms with Gasteiger partial charge in [-0.2, -0.15) is 0 Å². The fraction of sp³-hybridized carbons (Fsp3) is 0.211. The number of nitrogens with one attached hydrogen (secondary N) is 2. The summed E-state index contributed by atoms with van der Waals surface area (Å²) in [7, 11) is 0. The zero-order valence-corrected chi connectivity index (χ0v) is 17.1. The van der Waals surface area contributed by atoms with Crippen molar-refractivity contribution in [1.82, 2.24) is 15.5 Å². The van der Waals surface area contributed by atoms with Crippen LogP contribution in [0.3, 0.4) is 0 Å². The molecule has 0 unspecified atom stereocenters. The molecule has 1 heterocycles. The molecule has 27 heavy (non-hydrogen) atoms. The van der Waals surface area contributed by atoms with Crippen LogP contribution in [-0.2, 0) is 11.3 Å². The molecule has 0 aliphatic rings. The SMILES string of the molecule is C[C@H](NC(=O)CSc1nnc(NCc2ccccc2)s1)c1ccc(Cl)cc1. The Bertz CT molecular complexity index is 871. The van der Waals surface area contributed by atoms with Crippen LogP contribution in [0.1, 0.15) is 24.1 Å². The van der Waals surface area contributed by atoms with Gasteiger partial charge < -0.3 is 10.6 Å². The summed E-state index contributed by atoms with van der Waals surface area (Å²) in [6.07, 6.45) is 0. The number of hydrogen-bond donors (Lipinski definition) is 2. The highest BCUT2D eigenvalue weighted by Gasteiger charge is 2.12. The van der Waals surface area contributed by atoms with E-state index < -0.39 is 0 Å². The van der Waals surface area contributed by atoms with E-state index >= 15 is 0 Å². The minimum absolute atomic E-state index is 0.0450. The second-order valence-electron chi connectivity index (χ2n) is 5.84. The van der Waals surface area contributed by atoms with E-state index in [0.29, 0.717) is 17.3 Å². The van der Waals surface area contributed by atoms with E-state index in [9.17, 15) is 4.79 Å². The lowest BCUT2D eigenvalue weighted by atomic mass is 10.1. The quantitative estimate of drug-likeness (QED) is 0.515. The highest BCUT2D eigenvalue weighted by atomic mass is 35.5. The van der Waals surface area contributed by atoms with Gasteiger partial charge in [-0.25, -0.2) is 0 Å². The molecule has 0 saturated heterocycles. The Morgan fingerprint density at radius 1 is 1.15 bits per heavy atom. The summed E-state index contributed by atoms with van der Waals surface area (Å²) in [6.45, 7) is 2.64. The maximum atomic E-state index is 12.2. The van der Waals surface area contributed by atoms with Crippen LogP contribution in [0.2, 0.25) is 5.02 Å². The van der Waals surface area contributed by atoms with Gasteiger partial charge in [-0.3, -0.25) is 4.79 Å². The third-order valence-electron chi connectivity index (χ3n) is 3.77. The van der Waals surface area contributed by atoms with Gasteiger partial charge in [0.2, 0.25) is 11.0 Å². The fourth-order valence-electron chi connectivity index (χ4n) is 2.36. The topological polar surface area (TPSA) is 66.9 Å². The standard InChI is InChI=1S/C19H19ClN4OS2/c1-13(15-7-9-16(20)10-8-15)22-17(25)12-26-19-24-23-18(27-19)21-11-14-5-3-2-4-6-14/h2-10,13H,11-12H2,1H3,(H,21,23)(H,22,25)/t13-/m0/s1. The van der Waals surface area contributed by atoms with Gasteiger partial charge in [-0.15, -0.1) is 10.2 Å². The van der Waals surface area contributed by atoms with Crippen molar-refractivity contribution < 1.29 is 4.79 Å². The Balaban J connectivity index is 1.43. The van der Waals surface area contributed by atoms with Gasteiger partial charge in [0.15, 0.2) is 4.34 Å². The molecule has 3 rings (SSSR count). The van der Waals surface area contributed by atoms with Crippen LogP contribution in [0.15, 0.2) is 58.9 Å². The average Bonchev–Trinajstić information content (AvgIpc) is 3.14. The van der Waals surface area contributed by atoms with E-state index in [2.05, 4.69) is 33.0 Å². The van der Waals surface area contributed by atoms with E-state index in [-0.39, 0.29) is 11.9 Å². The molecule has 1 atom stereocenters. The van der Waals surface area contributed by atoms with E-state index in [1.165, 1.54) is 28.7 Å². The molecule has 0 aliphatic carbocycles. The molecule has 1 aromatic heterocycles. The van der Waals surface area contributed by atoms with Crippen molar-refractivity contribution in [3.63, 3.8) is 0 Å². The van der Waals surface area contributed by atoms with Crippen molar-refractivity contribution in [3.8, 4) is 0 Å². The lowest BCUT2D eigenvalue weighted by Gasteiger charge is -2.14. The maximum Gasteiger partial charge on any atom is 0.230 e. The Morgan fingerprint density at radius 3 is 2.63 bits per heavy atom. The molecule has 0 radical (unpaired) electrons. The van der Waals surface area contributed by atoms with Gasteiger partial charge >= 0.3 is 0 Å². The van der Waals surface area contributed by atoms with Crippen molar-refractivity contribution >= 4 is 45.7 Å². The Kier molecular flexibility index (Phi) is 7.09. The van der Waals surface area contributed by atoms with E-state index in [1.54, 1.807) is 0 Å². The molecule has 0 aliphatic heterocycles. The third-order valence-corrected chi connectivity index (χ3v) is 6.03. The van der Waals surface area contributed by atoms with E-state index in [1.807, 2.05) is 49.4 Å². The van der Waals surface area contributed by atoms with Crippen molar-refractivity contribution in [2.75, 3.05) is 11.1 Å². The predicted molar refractivity (Wildman–Crippen MR) is 112 cm³/mol. The Labute approximate surface area is 171 Å². The molecule has 2 aromatic carbocycles. The first-order valence-electron chi connectivity index (χ1n) is 8.39.